The number of benzene rings is 1. The van der Waals surface area contributed by atoms with Crippen LogP contribution in [0.25, 0.3) is 17.0 Å². The molecule has 0 spiro atoms. The zero-order valence-electron chi connectivity index (χ0n) is 9.31. The van der Waals surface area contributed by atoms with Crippen LogP contribution in [0.1, 0.15) is 17.7 Å². The Morgan fingerprint density at radius 1 is 1.24 bits per heavy atom. The van der Waals surface area contributed by atoms with Gasteiger partial charge in [-0.3, -0.25) is 0 Å². The number of aromatic nitrogens is 1. The summed E-state index contributed by atoms with van der Waals surface area (Å²) in [5.74, 6) is 0.770. The Bertz CT molecular complexity index is 628. The number of halogens is 2. The Morgan fingerprint density at radius 3 is 2.82 bits per heavy atom. The summed E-state index contributed by atoms with van der Waals surface area (Å²) in [5, 5.41) is 2.63. The first-order chi connectivity index (χ1) is 8.19. The number of ether oxygens (including phenoxy) is 1. The average Bonchev–Trinajstić information content (AvgIpc) is 2.66. The highest BCUT2D eigenvalue weighted by atomic mass is 35.5. The lowest BCUT2D eigenvalue weighted by molar-refractivity contribution is 0.419. The lowest BCUT2D eigenvalue weighted by Gasteiger charge is -2.07. The van der Waals surface area contributed by atoms with Gasteiger partial charge in [0.2, 0.25) is 0 Å². The number of hydrogen-bond acceptors (Lipinski definition) is 1. The molecule has 0 amide bonds. The molecular formula is C13H11Cl2NO. The summed E-state index contributed by atoms with van der Waals surface area (Å²) in [6.07, 6.45) is 3.83. The number of fused-ring (bicyclic) bond motifs is 3. The molecule has 17 heavy (non-hydrogen) atoms. The maximum atomic E-state index is 6.10. The molecule has 1 heterocycles. The summed E-state index contributed by atoms with van der Waals surface area (Å²) in [5.41, 5.74) is 3.33. The van der Waals surface area contributed by atoms with Crippen molar-refractivity contribution in [1.82, 2.24) is 4.98 Å². The Kier molecular flexibility index (Phi) is 2.57. The fourth-order valence-corrected chi connectivity index (χ4v) is 2.71. The summed E-state index contributed by atoms with van der Waals surface area (Å²) >= 11 is 12.2. The van der Waals surface area contributed by atoms with Crippen molar-refractivity contribution in [1.29, 1.82) is 0 Å². The Hall–Kier alpha value is -1.12. The SMILES string of the molecule is COc1cc(Cl)cc2c3c([nH]c12)CCC(Cl)=C3. The van der Waals surface area contributed by atoms with Crippen LogP contribution < -0.4 is 4.74 Å². The summed E-state index contributed by atoms with van der Waals surface area (Å²) in [6.45, 7) is 0. The molecule has 2 aromatic rings. The van der Waals surface area contributed by atoms with E-state index in [2.05, 4.69) is 4.98 Å². The first kappa shape index (κ1) is 11.0. The molecule has 1 aliphatic rings. The van der Waals surface area contributed by atoms with Gasteiger partial charge in [0.1, 0.15) is 5.75 Å². The molecule has 0 radical (unpaired) electrons. The Balaban J connectivity index is 2.37. The van der Waals surface area contributed by atoms with Crippen molar-refractivity contribution in [3.05, 3.63) is 33.4 Å². The van der Waals surface area contributed by atoms with Crippen LogP contribution in [0.4, 0.5) is 0 Å². The van der Waals surface area contributed by atoms with E-state index in [4.69, 9.17) is 27.9 Å². The van der Waals surface area contributed by atoms with Gasteiger partial charge in [-0.1, -0.05) is 23.2 Å². The number of nitrogens with one attached hydrogen (secondary N) is 1. The molecule has 0 fully saturated rings. The van der Waals surface area contributed by atoms with E-state index in [-0.39, 0.29) is 0 Å². The maximum absolute atomic E-state index is 6.10. The van der Waals surface area contributed by atoms with Crippen LogP contribution in [0.15, 0.2) is 17.2 Å². The fourth-order valence-electron chi connectivity index (χ4n) is 2.30. The molecule has 1 aromatic heterocycles. The molecule has 2 nitrogen and oxygen atoms in total. The topological polar surface area (TPSA) is 25.0 Å². The molecule has 1 aromatic carbocycles. The largest absolute Gasteiger partial charge is 0.495 e. The van der Waals surface area contributed by atoms with E-state index in [9.17, 15) is 0 Å². The molecule has 1 aliphatic carbocycles. The predicted octanol–water partition coefficient (Wildman–Crippen LogP) is 4.36. The van der Waals surface area contributed by atoms with Crippen LogP contribution in [0.5, 0.6) is 5.75 Å². The first-order valence-electron chi connectivity index (χ1n) is 5.43. The number of methoxy groups -OCH3 is 1. The summed E-state index contributed by atoms with van der Waals surface area (Å²) < 4.78 is 5.34. The van der Waals surface area contributed by atoms with Gasteiger partial charge in [0.15, 0.2) is 0 Å². The van der Waals surface area contributed by atoms with Gasteiger partial charge in [-0.2, -0.15) is 0 Å². The zero-order valence-corrected chi connectivity index (χ0v) is 10.8. The van der Waals surface area contributed by atoms with Gasteiger partial charge in [-0.25, -0.2) is 0 Å². The third-order valence-corrected chi connectivity index (χ3v) is 3.61. The minimum absolute atomic E-state index is 0.672. The third kappa shape index (κ3) is 1.72. The smallest absolute Gasteiger partial charge is 0.144 e. The monoisotopic (exact) mass is 267 g/mol. The Morgan fingerprint density at radius 2 is 2.06 bits per heavy atom. The van der Waals surface area contributed by atoms with E-state index >= 15 is 0 Å². The van der Waals surface area contributed by atoms with E-state index in [0.717, 1.165) is 40.1 Å². The van der Waals surface area contributed by atoms with Crippen molar-refractivity contribution in [2.24, 2.45) is 0 Å². The lowest BCUT2D eigenvalue weighted by Crippen LogP contribution is -1.94. The first-order valence-corrected chi connectivity index (χ1v) is 6.19. The average molecular weight is 268 g/mol. The second-order valence-corrected chi connectivity index (χ2v) is 5.06. The molecule has 0 aliphatic heterocycles. The fraction of sp³-hybridized carbons (Fsp3) is 0.231. The van der Waals surface area contributed by atoms with Crippen molar-refractivity contribution >= 4 is 40.2 Å². The minimum atomic E-state index is 0.672. The van der Waals surface area contributed by atoms with Crippen LogP contribution >= 0.6 is 23.2 Å². The Labute approximate surface area is 109 Å². The maximum Gasteiger partial charge on any atom is 0.144 e. The standard InChI is InChI=1S/C13H11Cl2NO/c1-17-12-6-8(15)5-10-9-4-7(14)2-3-11(9)16-13(10)12/h4-6,16H,2-3H2,1H3. The van der Waals surface area contributed by atoms with Gasteiger partial charge < -0.3 is 9.72 Å². The third-order valence-electron chi connectivity index (χ3n) is 3.09. The molecule has 0 saturated carbocycles. The summed E-state index contributed by atoms with van der Waals surface area (Å²) in [7, 11) is 1.65. The van der Waals surface area contributed by atoms with Crippen molar-refractivity contribution in [3.63, 3.8) is 0 Å². The number of allylic oxidation sites excluding steroid dienone is 1. The van der Waals surface area contributed by atoms with Gasteiger partial charge in [-0.05, 0) is 25.0 Å². The highest BCUT2D eigenvalue weighted by molar-refractivity contribution is 6.33. The molecule has 0 saturated heterocycles. The molecule has 0 unspecified atom stereocenters. The normalized spacial score (nSPS) is 14.6. The van der Waals surface area contributed by atoms with Crippen molar-refractivity contribution in [2.45, 2.75) is 12.8 Å². The number of aryl methyl sites for hydroxylation is 1. The van der Waals surface area contributed by atoms with Gasteiger partial charge in [-0.15, -0.1) is 0 Å². The van der Waals surface area contributed by atoms with Gasteiger partial charge >= 0.3 is 0 Å². The molecule has 0 atom stereocenters. The number of rotatable bonds is 1. The van der Waals surface area contributed by atoms with Crippen LogP contribution in [-0.4, -0.2) is 12.1 Å². The molecule has 4 heteroatoms. The number of aromatic amines is 1. The van der Waals surface area contributed by atoms with Crippen LogP contribution in [0.3, 0.4) is 0 Å². The van der Waals surface area contributed by atoms with E-state index < -0.39 is 0 Å². The summed E-state index contributed by atoms with van der Waals surface area (Å²) in [6, 6.07) is 3.76. The van der Waals surface area contributed by atoms with Gasteiger partial charge in [0.25, 0.3) is 0 Å². The molecule has 1 N–H and O–H groups in total. The van der Waals surface area contributed by atoms with Gasteiger partial charge in [0, 0.05) is 32.8 Å². The highest BCUT2D eigenvalue weighted by Gasteiger charge is 2.17. The quantitative estimate of drug-likeness (QED) is 0.816. The number of hydrogen-bond donors (Lipinski definition) is 1. The molecule has 88 valence electrons. The predicted molar refractivity (Wildman–Crippen MR) is 72.0 cm³/mol. The molecule has 0 bridgehead atoms. The highest BCUT2D eigenvalue weighted by Crippen LogP contribution is 2.37. The van der Waals surface area contributed by atoms with Crippen molar-refractivity contribution < 1.29 is 4.74 Å². The van der Waals surface area contributed by atoms with Gasteiger partial charge in [0.05, 0.1) is 12.6 Å². The van der Waals surface area contributed by atoms with E-state index in [0.29, 0.717) is 5.02 Å². The van der Waals surface area contributed by atoms with Crippen LogP contribution in [-0.2, 0) is 6.42 Å². The van der Waals surface area contributed by atoms with Crippen LogP contribution in [0, 0.1) is 0 Å². The molecular weight excluding hydrogens is 257 g/mol. The van der Waals surface area contributed by atoms with E-state index in [1.54, 1.807) is 7.11 Å². The molecule has 3 rings (SSSR count). The van der Waals surface area contributed by atoms with Crippen molar-refractivity contribution in [3.8, 4) is 5.75 Å². The van der Waals surface area contributed by atoms with E-state index in [1.807, 2.05) is 18.2 Å². The van der Waals surface area contributed by atoms with Crippen molar-refractivity contribution in [2.75, 3.05) is 7.11 Å². The lowest BCUT2D eigenvalue weighted by atomic mass is 10.0. The van der Waals surface area contributed by atoms with E-state index in [1.165, 1.54) is 5.69 Å². The minimum Gasteiger partial charge on any atom is -0.495 e. The van der Waals surface area contributed by atoms with Crippen LogP contribution in [0.2, 0.25) is 5.02 Å². The second kappa shape index (κ2) is 3.97. The number of H-pyrrole nitrogens is 1. The summed E-state index contributed by atoms with van der Waals surface area (Å²) in [4.78, 5) is 3.40. The zero-order chi connectivity index (χ0) is 12.0. The second-order valence-electron chi connectivity index (χ2n) is 4.14.